The summed E-state index contributed by atoms with van der Waals surface area (Å²) >= 11 is 1.81. The number of hydrogen-bond donors (Lipinski definition) is 1. The van der Waals surface area contributed by atoms with Crippen molar-refractivity contribution in [2.24, 2.45) is 0 Å². The van der Waals surface area contributed by atoms with E-state index < -0.39 is 0 Å². The van der Waals surface area contributed by atoms with Crippen molar-refractivity contribution in [3.8, 4) is 5.75 Å². The van der Waals surface area contributed by atoms with Crippen LogP contribution in [0.15, 0.2) is 23.1 Å². The second-order valence-corrected chi connectivity index (χ2v) is 5.10. The molecule has 2 heterocycles. The van der Waals surface area contributed by atoms with Crippen molar-refractivity contribution in [3.63, 3.8) is 0 Å². The van der Waals surface area contributed by atoms with Gasteiger partial charge in [-0.25, -0.2) is 0 Å². The summed E-state index contributed by atoms with van der Waals surface area (Å²) in [5, 5.41) is 3.41. The lowest BCUT2D eigenvalue weighted by atomic mass is 9.90. The Balaban J connectivity index is 1.85. The number of nitrogens with one attached hydrogen (secondary N) is 1. The molecule has 0 atom stereocenters. The minimum atomic E-state index is 0.748. The van der Waals surface area contributed by atoms with Gasteiger partial charge in [0.15, 0.2) is 0 Å². The van der Waals surface area contributed by atoms with Gasteiger partial charge < -0.3 is 10.1 Å². The first kappa shape index (κ1) is 9.55. The minimum Gasteiger partial charge on any atom is -0.481 e. The van der Waals surface area contributed by atoms with Crippen molar-refractivity contribution in [3.05, 3.63) is 23.8 Å². The standard InChI is InChI=1S/C12H15NOS/c1-2-11-12(15-8-14-11)7-10(1)9-3-5-13-6-4-9/h1-2,7,9,13H,3-6,8H2. The van der Waals surface area contributed by atoms with Crippen molar-refractivity contribution in [2.75, 3.05) is 19.0 Å². The van der Waals surface area contributed by atoms with Gasteiger partial charge in [0.25, 0.3) is 0 Å². The molecule has 1 aromatic rings. The van der Waals surface area contributed by atoms with E-state index in [1.165, 1.54) is 23.3 Å². The lowest BCUT2D eigenvalue weighted by molar-refractivity contribution is 0.396. The molecule has 0 aliphatic carbocycles. The molecule has 1 saturated heterocycles. The SMILES string of the molecule is c1cc2c(cc1C1CCNCC1)SCO2. The number of fused-ring (bicyclic) bond motifs is 1. The second-order valence-electron chi connectivity index (χ2n) is 4.14. The third kappa shape index (κ3) is 1.86. The van der Waals surface area contributed by atoms with E-state index in [9.17, 15) is 0 Å². The van der Waals surface area contributed by atoms with Crippen LogP contribution in [0, 0.1) is 0 Å². The first-order chi connectivity index (χ1) is 7.43. The van der Waals surface area contributed by atoms with Crippen molar-refractivity contribution < 1.29 is 4.74 Å². The van der Waals surface area contributed by atoms with E-state index in [2.05, 4.69) is 23.5 Å². The van der Waals surface area contributed by atoms with Crippen LogP contribution in [0.1, 0.15) is 24.3 Å². The Bertz CT molecular complexity index is 361. The molecule has 3 heteroatoms. The molecule has 2 nitrogen and oxygen atoms in total. The van der Waals surface area contributed by atoms with Crippen LogP contribution in [0.4, 0.5) is 0 Å². The molecule has 0 saturated carbocycles. The van der Waals surface area contributed by atoms with Crippen molar-refractivity contribution >= 4 is 11.8 Å². The summed E-state index contributed by atoms with van der Waals surface area (Å²) < 4.78 is 5.49. The molecule has 0 amide bonds. The van der Waals surface area contributed by atoms with Crippen molar-refractivity contribution in [2.45, 2.75) is 23.7 Å². The van der Waals surface area contributed by atoms with Gasteiger partial charge >= 0.3 is 0 Å². The van der Waals surface area contributed by atoms with E-state index in [0.29, 0.717) is 0 Å². The van der Waals surface area contributed by atoms with Crippen LogP contribution >= 0.6 is 11.8 Å². The highest BCUT2D eigenvalue weighted by molar-refractivity contribution is 7.99. The summed E-state index contributed by atoms with van der Waals surface area (Å²) in [5.41, 5.74) is 1.49. The van der Waals surface area contributed by atoms with Crippen LogP contribution in [0.5, 0.6) is 5.75 Å². The summed E-state index contributed by atoms with van der Waals surface area (Å²) in [7, 11) is 0. The fraction of sp³-hybridized carbons (Fsp3) is 0.500. The van der Waals surface area contributed by atoms with Crippen molar-refractivity contribution in [1.29, 1.82) is 0 Å². The lowest BCUT2D eigenvalue weighted by Crippen LogP contribution is -2.26. The zero-order valence-electron chi connectivity index (χ0n) is 8.66. The zero-order valence-corrected chi connectivity index (χ0v) is 9.48. The van der Waals surface area contributed by atoms with Gasteiger partial charge in [-0.1, -0.05) is 17.8 Å². The fourth-order valence-electron chi connectivity index (χ4n) is 2.32. The predicted octanol–water partition coefficient (Wildman–Crippen LogP) is 2.60. The third-order valence-electron chi connectivity index (χ3n) is 3.21. The molecule has 0 bridgehead atoms. The Hall–Kier alpha value is -0.670. The number of rotatable bonds is 1. The molecule has 0 unspecified atom stereocenters. The molecule has 0 spiro atoms. The Kier molecular flexibility index (Phi) is 2.59. The molecular weight excluding hydrogens is 206 g/mol. The molecular formula is C12H15NOS. The number of piperidine rings is 1. The molecule has 1 N–H and O–H groups in total. The van der Waals surface area contributed by atoms with Gasteiger partial charge in [-0.15, -0.1) is 0 Å². The van der Waals surface area contributed by atoms with Gasteiger partial charge in [-0.05, 0) is 49.5 Å². The molecule has 2 aliphatic heterocycles. The monoisotopic (exact) mass is 221 g/mol. The van der Waals surface area contributed by atoms with Crippen LogP contribution in [0.3, 0.4) is 0 Å². The molecule has 0 aromatic heterocycles. The second kappa shape index (κ2) is 4.06. The fourth-order valence-corrected chi connectivity index (χ4v) is 3.12. The lowest BCUT2D eigenvalue weighted by Gasteiger charge is -2.23. The Morgan fingerprint density at radius 2 is 2.13 bits per heavy atom. The molecule has 0 radical (unpaired) electrons. The average Bonchev–Trinajstić information content (AvgIpc) is 2.77. The van der Waals surface area contributed by atoms with Crippen LogP contribution in [-0.4, -0.2) is 19.0 Å². The molecule has 15 heavy (non-hydrogen) atoms. The summed E-state index contributed by atoms with van der Waals surface area (Å²) in [6.07, 6.45) is 2.54. The zero-order chi connectivity index (χ0) is 10.1. The van der Waals surface area contributed by atoms with Gasteiger partial charge in [0.2, 0.25) is 0 Å². The molecule has 1 aromatic carbocycles. The first-order valence-corrected chi connectivity index (χ1v) is 6.52. The minimum absolute atomic E-state index is 0.748. The van der Waals surface area contributed by atoms with Crippen LogP contribution in [0.2, 0.25) is 0 Å². The van der Waals surface area contributed by atoms with E-state index in [4.69, 9.17) is 4.74 Å². The normalized spacial score (nSPS) is 21.1. The summed E-state index contributed by atoms with van der Waals surface area (Å²) in [6, 6.07) is 6.69. The maximum Gasteiger partial charge on any atom is 0.138 e. The maximum atomic E-state index is 5.49. The van der Waals surface area contributed by atoms with E-state index >= 15 is 0 Å². The smallest absolute Gasteiger partial charge is 0.138 e. The quantitative estimate of drug-likeness (QED) is 0.787. The molecule has 2 aliphatic rings. The largest absolute Gasteiger partial charge is 0.481 e. The van der Waals surface area contributed by atoms with Gasteiger partial charge in [0, 0.05) is 0 Å². The highest BCUT2D eigenvalue weighted by Gasteiger charge is 2.18. The third-order valence-corrected chi connectivity index (χ3v) is 4.07. The Morgan fingerprint density at radius 1 is 1.27 bits per heavy atom. The average molecular weight is 221 g/mol. The number of benzene rings is 1. The number of ether oxygens (including phenoxy) is 1. The van der Waals surface area contributed by atoms with E-state index in [1.54, 1.807) is 0 Å². The Morgan fingerprint density at radius 3 is 3.00 bits per heavy atom. The first-order valence-electron chi connectivity index (χ1n) is 5.54. The van der Waals surface area contributed by atoms with Crippen molar-refractivity contribution in [1.82, 2.24) is 5.32 Å². The van der Waals surface area contributed by atoms with Crippen LogP contribution < -0.4 is 10.1 Å². The Labute approximate surface area is 94.4 Å². The van der Waals surface area contributed by atoms with Gasteiger partial charge in [-0.2, -0.15) is 0 Å². The van der Waals surface area contributed by atoms with Crippen LogP contribution in [0.25, 0.3) is 0 Å². The summed E-state index contributed by atoms with van der Waals surface area (Å²) in [4.78, 5) is 1.33. The van der Waals surface area contributed by atoms with Crippen LogP contribution in [-0.2, 0) is 0 Å². The predicted molar refractivity (Wildman–Crippen MR) is 62.6 cm³/mol. The molecule has 1 fully saturated rings. The van der Waals surface area contributed by atoms with Gasteiger partial charge in [-0.3, -0.25) is 0 Å². The topological polar surface area (TPSA) is 21.3 Å². The highest BCUT2D eigenvalue weighted by atomic mass is 32.2. The molecule has 80 valence electrons. The number of hydrogen-bond acceptors (Lipinski definition) is 3. The molecule has 3 rings (SSSR count). The van der Waals surface area contributed by atoms with Gasteiger partial charge in [0.1, 0.15) is 11.7 Å². The van der Waals surface area contributed by atoms with E-state index in [1.807, 2.05) is 11.8 Å². The van der Waals surface area contributed by atoms with E-state index in [0.717, 1.165) is 30.7 Å². The van der Waals surface area contributed by atoms with Gasteiger partial charge in [0.05, 0.1) is 4.90 Å². The highest BCUT2D eigenvalue weighted by Crippen LogP contribution is 2.39. The number of thioether (sulfide) groups is 1. The van der Waals surface area contributed by atoms with E-state index in [-0.39, 0.29) is 0 Å². The summed E-state index contributed by atoms with van der Waals surface area (Å²) in [5.74, 6) is 2.60. The maximum absolute atomic E-state index is 5.49. The summed E-state index contributed by atoms with van der Waals surface area (Å²) in [6.45, 7) is 2.32.